The van der Waals surface area contributed by atoms with Crippen LogP contribution in [0.25, 0.3) is 0 Å². The quantitative estimate of drug-likeness (QED) is 0.586. The number of carbonyl (C=O) groups is 1. The number of carbonyl (C=O) groups excluding carboxylic acids is 1. The van der Waals surface area contributed by atoms with E-state index in [-0.39, 0.29) is 23.0 Å². The minimum Gasteiger partial charge on any atom is -0.487 e. The standard InChI is InChI=1S/C13H19N3O4/c1-4-20-10-7-5-6-9(12(10)16(18)19)15-11(8(2)3)13(14)17/h5-8,11,15H,4H2,1-3H3,(H2,14,17). The lowest BCUT2D eigenvalue weighted by Gasteiger charge is -2.20. The van der Waals surface area contributed by atoms with Gasteiger partial charge in [0, 0.05) is 0 Å². The smallest absolute Gasteiger partial charge is 0.333 e. The van der Waals surface area contributed by atoms with E-state index < -0.39 is 16.9 Å². The zero-order valence-corrected chi connectivity index (χ0v) is 11.8. The molecule has 0 aliphatic heterocycles. The molecular formula is C13H19N3O4. The lowest BCUT2D eigenvalue weighted by Crippen LogP contribution is -2.39. The van der Waals surface area contributed by atoms with Crippen molar-refractivity contribution >= 4 is 17.3 Å². The number of nitrogens with two attached hydrogens (primary N) is 1. The Bertz CT molecular complexity index is 502. The first-order chi connectivity index (χ1) is 9.38. The summed E-state index contributed by atoms with van der Waals surface area (Å²) in [6, 6.07) is 3.98. The average Bonchev–Trinajstić information content (AvgIpc) is 2.35. The monoisotopic (exact) mass is 281 g/mol. The summed E-state index contributed by atoms with van der Waals surface area (Å²) in [6.07, 6.45) is 0. The topological polar surface area (TPSA) is 107 Å². The summed E-state index contributed by atoms with van der Waals surface area (Å²) in [5, 5.41) is 14.0. The van der Waals surface area contributed by atoms with E-state index in [1.165, 1.54) is 12.1 Å². The number of nitrogens with zero attached hydrogens (tertiary/aromatic N) is 1. The van der Waals surface area contributed by atoms with Gasteiger partial charge in [-0.3, -0.25) is 14.9 Å². The summed E-state index contributed by atoms with van der Waals surface area (Å²) in [5.74, 6) is -0.492. The maximum Gasteiger partial charge on any atom is 0.333 e. The van der Waals surface area contributed by atoms with Crippen LogP contribution in [0.5, 0.6) is 5.75 Å². The molecule has 1 amide bonds. The fourth-order valence-corrected chi connectivity index (χ4v) is 1.83. The van der Waals surface area contributed by atoms with Gasteiger partial charge >= 0.3 is 5.69 Å². The van der Waals surface area contributed by atoms with Crippen molar-refractivity contribution in [3.8, 4) is 5.75 Å². The second kappa shape index (κ2) is 6.74. The second-order valence-corrected chi connectivity index (χ2v) is 4.61. The van der Waals surface area contributed by atoms with Gasteiger partial charge in [-0.05, 0) is 25.0 Å². The molecule has 1 aromatic carbocycles. The first kappa shape index (κ1) is 15.7. The summed E-state index contributed by atoms with van der Waals surface area (Å²) >= 11 is 0. The van der Waals surface area contributed by atoms with Crippen LogP contribution in [-0.4, -0.2) is 23.5 Å². The maximum absolute atomic E-state index is 11.4. The van der Waals surface area contributed by atoms with Crippen molar-refractivity contribution < 1.29 is 14.5 Å². The Morgan fingerprint density at radius 1 is 1.50 bits per heavy atom. The van der Waals surface area contributed by atoms with Crippen LogP contribution in [0.3, 0.4) is 0 Å². The fraction of sp³-hybridized carbons (Fsp3) is 0.462. The summed E-state index contributed by atoms with van der Waals surface area (Å²) < 4.78 is 5.24. The molecule has 3 N–H and O–H groups in total. The van der Waals surface area contributed by atoms with Crippen LogP contribution in [0, 0.1) is 16.0 Å². The lowest BCUT2D eigenvalue weighted by atomic mass is 10.0. The molecule has 0 bridgehead atoms. The molecule has 0 aliphatic rings. The summed E-state index contributed by atoms with van der Waals surface area (Å²) in [7, 11) is 0. The van der Waals surface area contributed by atoms with E-state index in [9.17, 15) is 14.9 Å². The van der Waals surface area contributed by atoms with Gasteiger partial charge in [0.15, 0.2) is 5.75 Å². The number of rotatable bonds is 7. The Balaban J connectivity index is 3.20. The SMILES string of the molecule is CCOc1cccc(NC(C(N)=O)C(C)C)c1[N+](=O)[O-]. The first-order valence-corrected chi connectivity index (χ1v) is 6.34. The molecule has 1 unspecified atom stereocenters. The van der Waals surface area contributed by atoms with E-state index in [1.807, 2.05) is 0 Å². The van der Waals surface area contributed by atoms with Crippen LogP contribution in [0.1, 0.15) is 20.8 Å². The summed E-state index contributed by atoms with van der Waals surface area (Å²) in [5.41, 5.74) is 5.33. The van der Waals surface area contributed by atoms with Crippen LogP contribution in [0.4, 0.5) is 11.4 Å². The van der Waals surface area contributed by atoms with E-state index in [0.29, 0.717) is 6.61 Å². The number of benzene rings is 1. The number of hydrogen-bond acceptors (Lipinski definition) is 5. The molecule has 20 heavy (non-hydrogen) atoms. The minimum atomic E-state index is -0.689. The van der Waals surface area contributed by atoms with Crippen molar-refractivity contribution in [2.45, 2.75) is 26.8 Å². The van der Waals surface area contributed by atoms with Crippen LogP contribution in [0.15, 0.2) is 18.2 Å². The fourth-order valence-electron chi connectivity index (χ4n) is 1.83. The molecule has 0 radical (unpaired) electrons. The van der Waals surface area contributed by atoms with Crippen molar-refractivity contribution in [1.82, 2.24) is 0 Å². The molecule has 0 saturated heterocycles. The predicted octanol–water partition coefficient (Wildman–Crippen LogP) is 1.92. The van der Waals surface area contributed by atoms with Crippen molar-refractivity contribution in [2.24, 2.45) is 11.7 Å². The molecule has 110 valence electrons. The van der Waals surface area contributed by atoms with Gasteiger partial charge in [-0.25, -0.2) is 0 Å². The minimum absolute atomic E-state index is 0.0946. The van der Waals surface area contributed by atoms with Crippen LogP contribution in [-0.2, 0) is 4.79 Å². The zero-order valence-electron chi connectivity index (χ0n) is 11.8. The second-order valence-electron chi connectivity index (χ2n) is 4.61. The molecule has 7 heteroatoms. The Hall–Kier alpha value is -2.31. The molecular weight excluding hydrogens is 262 g/mol. The molecule has 0 aliphatic carbocycles. The number of nitro benzene ring substituents is 1. The highest BCUT2D eigenvalue weighted by molar-refractivity contribution is 5.84. The van der Waals surface area contributed by atoms with E-state index in [0.717, 1.165) is 0 Å². The normalized spacial score (nSPS) is 12.0. The third-order valence-corrected chi connectivity index (χ3v) is 2.77. The van der Waals surface area contributed by atoms with Crippen LogP contribution < -0.4 is 15.8 Å². The Morgan fingerprint density at radius 3 is 2.60 bits per heavy atom. The van der Waals surface area contributed by atoms with Crippen LogP contribution >= 0.6 is 0 Å². The Morgan fingerprint density at radius 2 is 2.15 bits per heavy atom. The molecule has 1 rings (SSSR count). The lowest BCUT2D eigenvalue weighted by molar-refractivity contribution is -0.385. The molecule has 1 aromatic rings. The number of nitrogens with one attached hydrogen (secondary N) is 1. The van der Waals surface area contributed by atoms with Gasteiger partial charge in [0.1, 0.15) is 11.7 Å². The molecule has 1 atom stereocenters. The third kappa shape index (κ3) is 3.59. The molecule has 0 spiro atoms. The number of anilines is 1. The Kier molecular flexibility index (Phi) is 5.31. The van der Waals surface area contributed by atoms with Crippen molar-refractivity contribution in [3.05, 3.63) is 28.3 Å². The largest absolute Gasteiger partial charge is 0.487 e. The van der Waals surface area contributed by atoms with Crippen LogP contribution in [0.2, 0.25) is 0 Å². The van der Waals surface area contributed by atoms with Gasteiger partial charge in [0.25, 0.3) is 0 Å². The number of para-hydroxylation sites is 1. The van der Waals surface area contributed by atoms with Gasteiger partial charge in [-0.2, -0.15) is 0 Å². The predicted molar refractivity (Wildman–Crippen MR) is 75.7 cm³/mol. The number of ether oxygens (including phenoxy) is 1. The van der Waals surface area contributed by atoms with E-state index in [1.54, 1.807) is 26.8 Å². The molecule has 7 nitrogen and oxygen atoms in total. The molecule has 0 fully saturated rings. The number of primary amides is 1. The number of hydrogen-bond donors (Lipinski definition) is 2. The van der Waals surface area contributed by atoms with Crippen molar-refractivity contribution in [2.75, 3.05) is 11.9 Å². The van der Waals surface area contributed by atoms with E-state index >= 15 is 0 Å². The summed E-state index contributed by atoms with van der Waals surface area (Å²) in [4.78, 5) is 22.1. The highest BCUT2D eigenvalue weighted by atomic mass is 16.6. The van der Waals surface area contributed by atoms with Crippen molar-refractivity contribution in [3.63, 3.8) is 0 Å². The van der Waals surface area contributed by atoms with Gasteiger partial charge in [-0.15, -0.1) is 0 Å². The highest BCUT2D eigenvalue weighted by Gasteiger charge is 2.26. The van der Waals surface area contributed by atoms with Crippen molar-refractivity contribution in [1.29, 1.82) is 0 Å². The van der Waals surface area contributed by atoms with Gasteiger partial charge in [-0.1, -0.05) is 19.9 Å². The first-order valence-electron chi connectivity index (χ1n) is 6.34. The Labute approximate surface area is 117 Å². The van der Waals surface area contributed by atoms with Gasteiger partial charge in [0.2, 0.25) is 5.91 Å². The molecule has 0 heterocycles. The van der Waals surface area contributed by atoms with E-state index in [2.05, 4.69) is 5.32 Å². The molecule has 0 saturated carbocycles. The number of nitro groups is 1. The molecule has 0 aromatic heterocycles. The zero-order chi connectivity index (χ0) is 15.3. The van der Waals surface area contributed by atoms with Gasteiger partial charge < -0.3 is 15.8 Å². The maximum atomic E-state index is 11.4. The summed E-state index contributed by atoms with van der Waals surface area (Å²) in [6.45, 7) is 5.67. The third-order valence-electron chi connectivity index (χ3n) is 2.77. The number of amides is 1. The van der Waals surface area contributed by atoms with Gasteiger partial charge in [0.05, 0.1) is 11.5 Å². The average molecular weight is 281 g/mol. The van der Waals surface area contributed by atoms with E-state index in [4.69, 9.17) is 10.5 Å². The highest BCUT2D eigenvalue weighted by Crippen LogP contribution is 2.35.